The van der Waals surface area contributed by atoms with Crippen LogP contribution in [0.15, 0.2) is 79.7 Å². The number of Topliss-reactive ketones (excluding diaryl/α,β-unsaturated/α-hetero) is 2. The molecule has 0 aromatic heterocycles. The van der Waals surface area contributed by atoms with Crippen LogP contribution in [0.2, 0.25) is 0 Å². The van der Waals surface area contributed by atoms with Crippen LogP contribution in [0, 0.1) is 0 Å². The Morgan fingerprint density at radius 2 is 1.12 bits per heavy atom. The molecule has 0 fully saturated rings. The van der Waals surface area contributed by atoms with Crippen molar-refractivity contribution < 1.29 is 9.59 Å². The number of hydrogen-bond acceptors (Lipinski definition) is 5. The van der Waals surface area contributed by atoms with Crippen LogP contribution in [0.4, 0.5) is 0 Å². The van der Waals surface area contributed by atoms with E-state index in [4.69, 9.17) is 35.4 Å². The summed E-state index contributed by atoms with van der Waals surface area (Å²) in [7, 11) is 0. The monoisotopic (exact) mass is 436 g/mol. The Hall–Kier alpha value is -1.37. The summed E-state index contributed by atoms with van der Waals surface area (Å²) in [6.07, 6.45) is 0. The molecular formula is C19H10Cl2O2S3. The van der Waals surface area contributed by atoms with Crippen molar-refractivity contribution in [2.45, 2.75) is 0 Å². The number of carbonyl (C=O) groups excluding carboxylic acids is 2. The van der Waals surface area contributed by atoms with Gasteiger partial charge in [-0.2, -0.15) is 0 Å². The highest BCUT2D eigenvalue weighted by Gasteiger charge is 2.33. The SMILES string of the molecule is O=C(C1=C(C(=O)c2ccccc2)SC(=C(Cl)C(=S)Cl)S1)c1ccccc1. The van der Waals surface area contributed by atoms with Crippen LogP contribution in [0.3, 0.4) is 0 Å². The molecule has 0 radical (unpaired) electrons. The van der Waals surface area contributed by atoms with Gasteiger partial charge < -0.3 is 0 Å². The van der Waals surface area contributed by atoms with Crippen LogP contribution in [0.25, 0.3) is 0 Å². The fraction of sp³-hybridized carbons (Fsp3) is 0. The highest BCUT2D eigenvalue weighted by atomic mass is 35.5. The molecule has 0 N–H and O–H groups in total. The highest BCUT2D eigenvalue weighted by molar-refractivity contribution is 8.29. The van der Waals surface area contributed by atoms with E-state index in [-0.39, 0.29) is 20.9 Å². The predicted octanol–water partition coefficient (Wildman–Crippen LogP) is 6.42. The number of allylic oxidation sites excluding steroid dienone is 3. The molecule has 0 saturated carbocycles. The molecule has 1 aliphatic rings. The molecule has 1 aliphatic heterocycles. The highest BCUT2D eigenvalue weighted by Crippen LogP contribution is 2.53. The quantitative estimate of drug-likeness (QED) is 0.233. The van der Waals surface area contributed by atoms with Crippen molar-refractivity contribution in [2.75, 3.05) is 0 Å². The molecule has 0 spiro atoms. The van der Waals surface area contributed by atoms with Gasteiger partial charge in [0.2, 0.25) is 11.6 Å². The Balaban J connectivity index is 2.07. The third-order valence-electron chi connectivity index (χ3n) is 3.43. The minimum Gasteiger partial charge on any atom is -0.288 e. The number of hydrogen-bond donors (Lipinski definition) is 0. The van der Waals surface area contributed by atoms with Gasteiger partial charge in [-0.15, -0.1) is 0 Å². The Morgan fingerprint density at radius 3 is 1.46 bits per heavy atom. The van der Waals surface area contributed by atoms with Crippen LogP contribution in [0.1, 0.15) is 20.7 Å². The van der Waals surface area contributed by atoms with Gasteiger partial charge in [0.1, 0.15) is 4.32 Å². The largest absolute Gasteiger partial charge is 0.288 e. The maximum absolute atomic E-state index is 13.0. The van der Waals surface area contributed by atoms with Crippen LogP contribution in [0.5, 0.6) is 0 Å². The molecule has 2 nitrogen and oxygen atoms in total. The first-order chi connectivity index (χ1) is 12.5. The number of thiocarbonyl (C=S) groups is 1. The smallest absolute Gasteiger partial charge is 0.201 e. The molecule has 2 aromatic carbocycles. The molecular weight excluding hydrogens is 427 g/mol. The van der Waals surface area contributed by atoms with E-state index < -0.39 is 0 Å². The number of carbonyl (C=O) groups is 2. The van der Waals surface area contributed by atoms with Gasteiger partial charge in [-0.25, -0.2) is 0 Å². The molecule has 0 unspecified atom stereocenters. The minimum absolute atomic E-state index is 0.00147. The number of thioether (sulfide) groups is 2. The first-order valence-corrected chi connectivity index (χ1v) is 10.2. The predicted molar refractivity (Wildman–Crippen MR) is 115 cm³/mol. The van der Waals surface area contributed by atoms with Crippen molar-refractivity contribution >= 4 is 74.8 Å². The molecule has 0 saturated heterocycles. The molecule has 26 heavy (non-hydrogen) atoms. The number of halogens is 2. The lowest BCUT2D eigenvalue weighted by Gasteiger charge is -2.04. The van der Waals surface area contributed by atoms with Gasteiger partial charge in [-0.1, -0.05) is 120 Å². The molecule has 2 aromatic rings. The fourth-order valence-electron chi connectivity index (χ4n) is 2.21. The molecule has 0 amide bonds. The Labute approximate surface area is 174 Å². The Kier molecular flexibility index (Phi) is 6.37. The molecule has 0 atom stereocenters. The van der Waals surface area contributed by atoms with E-state index in [2.05, 4.69) is 0 Å². The molecule has 7 heteroatoms. The summed E-state index contributed by atoms with van der Waals surface area (Å²) >= 11 is 19.2. The summed E-state index contributed by atoms with van der Waals surface area (Å²) < 4.78 is 0.534. The summed E-state index contributed by atoms with van der Waals surface area (Å²) in [4.78, 5) is 26.6. The summed E-state index contributed by atoms with van der Waals surface area (Å²) in [5, 5.41) is 0.172. The zero-order valence-corrected chi connectivity index (χ0v) is 17.0. The minimum atomic E-state index is -0.234. The van der Waals surface area contributed by atoms with Crippen LogP contribution in [-0.2, 0) is 0 Å². The Bertz CT molecular complexity index is 886. The topological polar surface area (TPSA) is 34.1 Å². The zero-order chi connectivity index (χ0) is 18.7. The van der Waals surface area contributed by atoms with Crippen molar-refractivity contribution in [1.29, 1.82) is 0 Å². The van der Waals surface area contributed by atoms with Crippen molar-refractivity contribution in [2.24, 2.45) is 0 Å². The van der Waals surface area contributed by atoms with E-state index in [1.54, 1.807) is 48.5 Å². The van der Waals surface area contributed by atoms with E-state index in [1.165, 1.54) is 0 Å². The average molecular weight is 437 g/mol. The van der Waals surface area contributed by atoms with Gasteiger partial charge in [0, 0.05) is 11.1 Å². The van der Waals surface area contributed by atoms with Crippen molar-refractivity contribution in [1.82, 2.24) is 0 Å². The van der Waals surface area contributed by atoms with Gasteiger partial charge in [0.25, 0.3) is 0 Å². The molecule has 130 valence electrons. The zero-order valence-electron chi connectivity index (χ0n) is 13.1. The maximum Gasteiger partial charge on any atom is 0.201 e. The lowest BCUT2D eigenvalue weighted by atomic mass is 10.1. The second kappa shape index (κ2) is 8.55. The molecule has 0 bridgehead atoms. The number of ketones is 2. The molecule has 1 heterocycles. The second-order valence-corrected chi connectivity index (χ2v) is 8.82. The average Bonchev–Trinajstić information content (AvgIpc) is 3.12. The third kappa shape index (κ3) is 4.13. The van der Waals surface area contributed by atoms with Crippen molar-refractivity contribution in [3.8, 4) is 0 Å². The summed E-state index contributed by atoms with van der Waals surface area (Å²) in [5.74, 6) is -0.468. The van der Waals surface area contributed by atoms with E-state index in [0.29, 0.717) is 25.2 Å². The standard InChI is InChI=1S/C19H10Cl2O2S3/c20-13(18(21)24)19-25-16(14(22)11-7-3-1-4-8-11)17(26-19)15(23)12-9-5-2-6-10-12/h1-10H. The van der Waals surface area contributed by atoms with Gasteiger partial charge >= 0.3 is 0 Å². The number of benzene rings is 2. The van der Waals surface area contributed by atoms with Crippen molar-refractivity contribution in [3.05, 3.63) is 90.9 Å². The van der Waals surface area contributed by atoms with Gasteiger partial charge in [-0.3, -0.25) is 9.59 Å². The van der Waals surface area contributed by atoms with Gasteiger partial charge in [-0.05, 0) is 0 Å². The van der Waals surface area contributed by atoms with E-state index in [0.717, 1.165) is 23.5 Å². The lowest BCUT2D eigenvalue weighted by Crippen LogP contribution is -2.06. The normalized spacial score (nSPS) is 13.7. The summed E-state index contributed by atoms with van der Waals surface area (Å²) in [5.41, 5.74) is 1.000. The fourth-order valence-corrected chi connectivity index (χ4v) is 5.34. The van der Waals surface area contributed by atoms with Crippen molar-refractivity contribution in [3.63, 3.8) is 0 Å². The molecule has 3 rings (SSSR count). The molecule has 0 aliphatic carbocycles. The summed E-state index contributed by atoms with van der Waals surface area (Å²) in [6, 6.07) is 17.6. The van der Waals surface area contributed by atoms with Crippen LogP contribution < -0.4 is 0 Å². The van der Waals surface area contributed by atoms with Gasteiger partial charge in [0.15, 0.2) is 0 Å². The van der Waals surface area contributed by atoms with Crippen LogP contribution >= 0.6 is 58.9 Å². The first-order valence-electron chi connectivity index (χ1n) is 7.38. The van der Waals surface area contributed by atoms with E-state index >= 15 is 0 Å². The van der Waals surface area contributed by atoms with Gasteiger partial charge in [0.05, 0.1) is 19.1 Å². The third-order valence-corrected chi connectivity index (χ3v) is 7.23. The van der Waals surface area contributed by atoms with E-state index in [9.17, 15) is 9.59 Å². The first kappa shape index (κ1) is 19.4. The number of rotatable bonds is 5. The maximum atomic E-state index is 13.0. The summed E-state index contributed by atoms with van der Waals surface area (Å²) in [6.45, 7) is 0. The second-order valence-electron chi connectivity index (χ2n) is 5.13. The lowest BCUT2D eigenvalue weighted by molar-refractivity contribution is 0.101. The van der Waals surface area contributed by atoms with Crippen LogP contribution in [-0.4, -0.2) is 15.9 Å². The Morgan fingerprint density at radius 1 is 0.731 bits per heavy atom. The van der Waals surface area contributed by atoms with E-state index in [1.807, 2.05) is 12.1 Å².